The number of thioether (sulfide) groups is 1. The van der Waals surface area contributed by atoms with Gasteiger partial charge < -0.3 is 5.32 Å². The van der Waals surface area contributed by atoms with Crippen molar-refractivity contribution in [3.05, 3.63) is 35.6 Å². The Hall–Kier alpha value is -0.540. The molecule has 0 radical (unpaired) electrons. The lowest BCUT2D eigenvalue weighted by atomic mass is 10.1. The SMILES string of the molecule is C[C@H](NC1CCCSC1)c1cccc(F)c1. The van der Waals surface area contributed by atoms with Gasteiger partial charge in [-0.3, -0.25) is 0 Å². The van der Waals surface area contributed by atoms with Crippen molar-refractivity contribution in [3.8, 4) is 0 Å². The summed E-state index contributed by atoms with van der Waals surface area (Å²) in [5, 5.41) is 3.57. The van der Waals surface area contributed by atoms with Crippen LogP contribution in [0.5, 0.6) is 0 Å². The van der Waals surface area contributed by atoms with Gasteiger partial charge in [-0.15, -0.1) is 0 Å². The van der Waals surface area contributed by atoms with Crippen molar-refractivity contribution in [1.82, 2.24) is 5.32 Å². The molecule has 1 fully saturated rings. The van der Waals surface area contributed by atoms with Gasteiger partial charge >= 0.3 is 0 Å². The Labute approximate surface area is 101 Å². The molecule has 1 N–H and O–H groups in total. The van der Waals surface area contributed by atoms with Gasteiger partial charge in [-0.25, -0.2) is 4.39 Å². The lowest BCUT2D eigenvalue weighted by Crippen LogP contribution is -2.35. The van der Waals surface area contributed by atoms with Gasteiger partial charge in [-0.1, -0.05) is 12.1 Å². The molecule has 2 rings (SSSR count). The largest absolute Gasteiger partial charge is 0.307 e. The molecule has 88 valence electrons. The van der Waals surface area contributed by atoms with Gasteiger partial charge in [0.25, 0.3) is 0 Å². The zero-order valence-electron chi connectivity index (χ0n) is 9.58. The summed E-state index contributed by atoms with van der Waals surface area (Å²) >= 11 is 2.01. The molecule has 16 heavy (non-hydrogen) atoms. The predicted octanol–water partition coefficient (Wildman–Crippen LogP) is 3.37. The highest BCUT2D eigenvalue weighted by Gasteiger charge is 2.16. The fourth-order valence-electron chi connectivity index (χ4n) is 2.10. The van der Waals surface area contributed by atoms with Gasteiger partial charge in [0.05, 0.1) is 0 Å². The maximum atomic E-state index is 13.1. The van der Waals surface area contributed by atoms with E-state index in [9.17, 15) is 4.39 Å². The van der Waals surface area contributed by atoms with Crippen molar-refractivity contribution in [3.63, 3.8) is 0 Å². The quantitative estimate of drug-likeness (QED) is 0.868. The number of nitrogens with one attached hydrogen (secondary N) is 1. The van der Waals surface area contributed by atoms with Crippen LogP contribution in [0.4, 0.5) is 4.39 Å². The van der Waals surface area contributed by atoms with Gasteiger partial charge in [0.2, 0.25) is 0 Å². The zero-order valence-corrected chi connectivity index (χ0v) is 10.4. The fourth-order valence-corrected chi connectivity index (χ4v) is 3.18. The van der Waals surface area contributed by atoms with Gasteiger partial charge in [-0.2, -0.15) is 11.8 Å². The third-order valence-electron chi connectivity index (χ3n) is 2.99. The maximum absolute atomic E-state index is 13.1. The van der Waals surface area contributed by atoms with Crippen molar-refractivity contribution in [2.24, 2.45) is 0 Å². The molecule has 0 aromatic heterocycles. The second kappa shape index (κ2) is 5.69. The first-order valence-electron chi connectivity index (χ1n) is 5.85. The molecule has 0 saturated carbocycles. The van der Waals surface area contributed by atoms with E-state index in [4.69, 9.17) is 0 Å². The van der Waals surface area contributed by atoms with Gasteiger partial charge in [0.1, 0.15) is 5.82 Å². The number of rotatable bonds is 3. The van der Waals surface area contributed by atoms with Crippen LogP contribution in [0.15, 0.2) is 24.3 Å². The van der Waals surface area contributed by atoms with E-state index in [1.807, 2.05) is 17.8 Å². The minimum atomic E-state index is -0.149. The first kappa shape index (κ1) is 11.9. The van der Waals surface area contributed by atoms with Crippen molar-refractivity contribution in [2.75, 3.05) is 11.5 Å². The summed E-state index contributed by atoms with van der Waals surface area (Å²) in [5.41, 5.74) is 1.04. The minimum absolute atomic E-state index is 0.149. The van der Waals surface area contributed by atoms with Crippen LogP contribution in [0.3, 0.4) is 0 Å². The molecule has 0 aliphatic carbocycles. The molecular weight excluding hydrogens is 221 g/mol. The average molecular weight is 239 g/mol. The van der Waals surface area contributed by atoms with Gasteiger partial charge in [0, 0.05) is 17.8 Å². The van der Waals surface area contributed by atoms with Crippen LogP contribution >= 0.6 is 11.8 Å². The van der Waals surface area contributed by atoms with Crippen LogP contribution in [0.1, 0.15) is 31.4 Å². The Kier molecular flexibility index (Phi) is 4.24. The van der Waals surface area contributed by atoms with Crippen molar-refractivity contribution in [2.45, 2.75) is 31.8 Å². The van der Waals surface area contributed by atoms with Crippen LogP contribution in [0.2, 0.25) is 0 Å². The topological polar surface area (TPSA) is 12.0 Å². The van der Waals surface area contributed by atoms with E-state index in [2.05, 4.69) is 12.2 Å². The summed E-state index contributed by atoms with van der Waals surface area (Å²) in [6.45, 7) is 2.11. The summed E-state index contributed by atoms with van der Waals surface area (Å²) in [4.78, 5) is 0. The molecule has 1 unspecified atom stereocenters. The molecule has 1 aliphatic heterocycles. The predicted molar refractivity (Wildman–Crippen MR) is 68.3 cm³/mol. The number of benzene rings is 1. The van der Waals surface area contributed by atoms with Gasteiger partial charge in [0.15, 0.2) is 0 Å². The van der Waals surface area contributed by atoms with E-state index in [0.29, 0.717) is 6.04 Å². The molecule has 0 amide bonds. The summed E-state index contributed by atoms with van der Waals surface area (Å²) in [6.07, 6.45) is 2.53. The number of hydrogen-bond donors (Lipinski definition) is 1. The molecule has 0 bridgehead atoms. The Balaban J connectivity index is 1.94. The first-order valence-corrected chi connectivity index (χ1v) is 7.00. The minimum Gasteiger partial charge on any atom is -0.307 e. The number of halogens is 1. The van der Waals surface area contributed by atoms with Crippen LogP contribution in [0.25, 0.3) is 0 Å². The highest BCUT2D eigenvalue weighted by Crippen LogP contribution is 2.21. The third-order valence-corrected chi connectivity index (χ3v) is 4.21. The third kappa shape index (κ3) is 3.22. The van der Waals surface area contributed by atoms with E-state index in [-0.39, 0.29) is 11.9 Å². The van der Waals surface area contributed by atoms with E-state index < -0.39 is 0 Å². The lowest BCUT2D eigenvalue weighted by molar-refractivity contribution is 0.451. The lowest BCUT2D eigenvalue weighted by Gasteiger charge is -2.26. The summed E-state index contributed by atoms with van der Waals surface area (Å²) < 4.78 is 13.1. The molecule has 2 atom stereocenters. The smallest absolute Gasteiger partial charge is 0.123 e. The molecule has 1 heterocycles. The molecule has 1 aliphatic rings. The van der Waals surface area contributed by atoms with Crippen LogP contribution < -0.4 is 5.32 Å². The Morgan fingerprint density at radius 3 is 3.06 bits per heavy atom. The molecule has 1 aromatic carbocycles. The monoisotopic (exact) mass is 239 g/mol. The highest BCUT2D eigenvalue weighted by molar-refractivity contribution is 7.99. The summed E-state index contributed by atoms with van der Waals surface area (Å²) in [7, 11) is 0. The van der Waals surface area contributed by atoms with Crippen molar-refractivity contribution < 1.29 is 4.39 Å². The average Bonchev–Trinajstić information content (AvgIpc) is 2.30. The van der Waals surface area contributed by atoms with E-state index >= 15 is 0 Å². The standard InChI is InChI=1S/C13H18FNS/c1-10(11-4-2-5-12(14)8-11)15-13-6-3-7-16-9-13/h2,4-5,8,10,13,15H,3,6-7,9H2,1H3/t10-,13?/m0/s1. The Morgan fingerprint density at radius 1 is 1.50 bits per heavy atom. The number of hydrogen-bond acceptors (Lipinski definition) is 2. The maximum Gasteiger partial charge on any atom is 0.123 e. The fraction of sp³-hybridized carbons (Fsp3) is 0.538. The molecule has 1 nitrogen and oxygen atoms in total. The molecule has 3 heteroatoms. The van der Waals surface area contributed by atoms with E-state index in [1.165, 1.54) is 30.4 Å². The highest BCUT2D eigenvalue weighted by atomic mass is 32.2. The van der Waals surface area contributed by atoms with Crippen molar-refractivity contribution >= 4 is 11.8 Å². The second-order valence-electron chi connectivity index (χ2n) is 4.36. The molecule has 1 saturated heterocycles. The van der Waals surface area contributed by atoms with E-state index in [1.54, 1.807) is 12.1 Å². The van der Waals surface area contributed by atoms with Crippen LogP contribution in [-0.4, -0.2) is 17.5 Å². The molecular formula is C13H18FNS. The van der Waals surface area contributed by atoms with Crippen LogP contribution in [0, 0.1) is 5.82 Å². The summed E-state index contributed by atoms with van der Waals surface area (Å²) in [5.74, 6) is 2.32. The second-order valence-corrected chi connectivity index (χ2v) is 5.51. The Bertz CT molecular complexity index is 336. The zero-order chi connectivity index (χ0) is 11.4. The molecule has 1 aromatic rings. The Morgan fingerprint density at radius 2 is 2.38 bits per heavy atom. The first-order chi connectivity index (χ1) is 7.75. The van der Waals surface area contributed by atoms with E-state index in [0.717, 1.165) is 5.56 Å². The van der Waals surface area contributed by atoms with Crippen LogP contribution in [-0.2, 0) is 0 Å². The normalized spacial score (nSPS) is 23.0. The summed E-state index contributed by atoms with van der Waals surface area (Å²) in [6, 6.07) is 7.69. The van der Waals surface area contributed by atoms with Gasteiger partial charge in [-0.05, 0) is 43.2 Å². The molecule has 0 spiro atoms. The van der Waals surface area contributed by atoms with Crippen molar-refractivity contribution in [1.29, 1.82) is 0 Å².